The van der Waals surface area contributed by atoms with E-state index >= 15 is 0 Å². The molecule has 8 heteroatoms. The van der Waals surface area contributed by atoms with Gasteiger partial charge in [0.2, 0.25) is 5.91 Å². The average molecular weight is 314 g/mol. The second-order valence-electron chi connectivity index (χ2n) is 5.48. The van der Waals surface area contributed by atoms with E-state index in [0.717, 1.165) is 0 Å². The van der Waals surface area contributed by atoms with Crippen LogP contribution in [0.2, 0.25) is 5.02 Å². The molecule has 0 aromatic carbocycles. The van der Waals surface area contributed by atoms with Crippen molar-refractivity contribution in [2.45, 2.75) is 32.7 Å². The van der Waals surface area contributed by atoms with Crippen molar-refractivity contribution in [3.05, 3.63) is 22.8 Å². The fourth-order valence-electron chi connectivity index (χ4n) is 1.54. The summed E-state index contributed by atoms with van der Waals surface area (Å²) >= 11 is 5.91. The van der Waals surface area contributed by atoms with E-state index < -0.39 is 5.91 Å². The Morgan fingerprint density at radius 1 is 1.33 bits per heavy atom. The van der Waals surface area contributed by atoms with Crippen LogP contribution in [0.4, 0.5) is 5.82 Å². The Balaban J connectivity index is 2.53. The molecular weight excluding hydrogens is 294 g/mol. The molecule has 5 N–H and O–H groups in total. The summed E-state index contributed by atoms with van der Waals surface area (Å²) in [5.74, 6) is 4.96. The van der Waals surface area contributed by atoms with Crippen LogP contribution in [0.3, 0.4) is 0 Å². The summed E-state index contributed by atoms with van der Waals surface area (Å²) in [7, 11) is 0. The van der Waals surface area contributed by atoms with E-state index in [1.54, 1.807) is 6.07 Å². The predicted molar refractivity (Wildman–Crippen MR) is 81.9 cm³/mol. The molecule has 0 aliphatic rings. The third kappa shape index (κ3) is 5.97. The summed E-state index contributed by atoms with van der Waals surface area (Å²) in [6.07, 6.45) is 0.176. The molecule has 0 bridgehead atoms. The van der Waals surface area contributed by atoms with Gasteiger partial charge in [-0.15, -0.1) is 0 Å². The monoisotopic (exact) mass is 313 g/mol. The zero-order chi connectivity index (χ0) is 16.0. The Hall–Kier alpha value is -1.86. The maximum Gasteiger partial charge on any atom is 0.271 e. The van der Waals surface area contributed by atoms with Gasteiger partial charge in [-0.1, -0.05) is 11.6 Å². The minimum atomic E-state index is -0.458. The van der Waals surface area contributed by atoms with Crippen molar-refractivity contribution in [2.75, 3.05) is 12.0 Å². The number of nitrogen functional groups attached to an aromatic ring is 1. The summed E-state index contributed by atoms with van der Waals surface area (Å²) in [5.41, 5.74) is 2.10. The number of rotatable bonds is 5. The van der Waals surface area contributed by atoms with Gasteiger partial charge in [0.05, 0.1) is 5.02 Å². The Labute approximate surface area is 128 Å². The maximum atomic E-state index is 11.9. The zero-order valence-corrected chi connectivity index (χ0v) is 13.0. The highest BCUT2D eigenvalue weighted by molar-refractivity contribution is 6.33. The van der Waals surface area contributed by atoms with E-state index in [1.165, 1.54) is 6.07 Å². The molecule has 0 radical (unpaired) electrons. The van der Waals surface area contributed by atoms with Gasteiger partial charge in [-0.25, -0.2) is 10.8 Å². The highest BCUT2D eigenvalue weighted by Crippen LogP contribution is 2.15. The first-order chi connectivity index (χ1) is 9.73. The molecule has 0 aliphatic carbocycles. The van der Waals surface area contributed by atoms with E-state index in [0.29, 0.717) is 5.82 Å². The lowest BCUT2D eigenvalue weighted by molar-refractivity contribution is -0.122. The molecule has 2 amide bonds. The summed E-state index contributed by atoms with van der Waals surface area (Å²) in [5, 5.41) is 5.61. The van der Waals surface area contributed by atoms with Gasteiger partial charge in [0.25, 0.3) is 5.91 Å². The minimum absolute atomic E-state index is 0.0587. The van der Waals surface area contributed by atoms with Crippen molar-refractivity contribution < 1.29 is 9.59 Å². The van der Waals surface area contributed by atoms with Crippen LogP contribution >= 0.6 is 11.6 Å². The van der Waals surface area contributed by atoms with Crippen LogP contribution in [0, 0.1) is 0 Å². The summed E-state index contributed by atoms with van der Waals surface area (Å²) in [6.45, 7) is 5.86. The highest BCUT2D eigenvalue weighted by atomic mass is 35.5. The number of pyridine rings is 1. The molecule has 0 saturated heterocycles. The summed E-state index contributed by atoms with van der Waals surface area (Å²) in [6, 6.07) is 3.07. The number of aromatic nitrogens is 1. The van der Waals surface area contributed by atoms with Crippen molar-refractivity contribution in [1.82, 2.24) is 15.6 Å². The number of amides is 2. The quantitative estimate of drug-likeness (QED) is 0.480. The smallest absolute Gasteiger partial charge is 0.271 e. The standard InChI is InChI=1S/C13H20ClN5O2/c1-13(2,3)18-10(20)6-7-16-12(21)11-8(14)4-5-9(17-11)19-15/h4-5H,6-7,15H2,1-3H3,(H,16,21)(H,17,19)(H,18,20). The first-order valence-corrected chi connectivity index (χ1v) is 6.83. The van der Waals surface area contributed by atoms with Gasteiger partial charge in [-0.05, 0) is 32.9 Å². The van der Waals surface area contributed by atoms with Gasteiger partial charge >= 0.3 is 0 Å². The fraction of sp³-hybridized carbons (Fsp3) is 0.462. The molecule has 0 fully saturated rings. The molecule has 0 unspecified atom stereocenters. The Morgan fingerprint density at radius 2 is 2.00 bits per heavy atom. The van der Waals surface area contributed by atoms with E-state index in [4.69, 9.17) is 17.4 Å². The van der Waals surface area contributed by atoms with Gasteiger partial charge in [-0.2, -0.15) is 0 Å². The third-order valence-corrected chi connectivity index (χ3v) is 2.67. The van der Waals surface area contributed by atoms with Crippen LogP contribution < -0.4 is 21.9 Å². The molecular formula is C13H20ClN5O2. The van der Waals surface area contributed by atoms with E-state index in [2.05, 4.69) is 21.0 Å². The number of hydrogen-bond donors (Lipinski definition) is 4. The minimum Gasteiger partial charge on any atom is -0.351 e. The highest BCUT2D eigenvalue weighted by Gasteiger charge is 2.15. The van der Waals surface area contributed by atoms with Crippen molar-refractivity contribution in [3.63, 3.8) is 0 Å². The lowest BCUT2D eigenvalue weighted by Gasteiger charge is -2.20. The molecule has 1 rings (SSSR count). The lowest BCUT2D eigenvalue weighted by Crippen LogP contribution is -2.42. The third-order valence-electron chi connectivity index (χ3n) is 2.36. The normalized spacial score (nSPS) is 10.9. The number of hydrogen-bond acceptors (Lipinski definition) is 5. The molecule has 0 atom stereocenters. The topological polar surface area (TPSA) is 109 Å². The summed E-state index contributed by atoms with van der Waals surface area (Å²) < 4.78 is 0. The number of carbonyl (C=O) groups is 2. The maximum absolute atomic E-state index is 11.9. The van der Waals surface area contributed by atoms with Crippen LogP contribution in [-0.2, 0) is 4.79 Å². The number of nitrogens with one attached hydrogen (secondary N) is 3. The number of carbonyl (C=O) groups excluding carboxylic acids is 2. The first-order valence-electron chi connectivity index (χ1n) is 6.45. The van der Waals surface area contributed by atoms with Gasteiger partial charge in [-0.3, -0.25) is 9.59 Å². The largest absolute Gasteiger partial charge is 0.351 e. The van der Waals surface area contributed by atoms with Crippen LogP contribution in [0.5, 0.6) is 0 Å². The Bertz CT molecular complexity index is 528. The van der Waals surface area contributed by atoms with Gasteiger partial charge in [0.15, 0.2) is 0 Å². The predicted octanol–water partition coefficient (Wildman–Crippen LogP) is 1.06. The molecule has 0 spiro atoms. The van der Waals surface area contributed by atoms with Crippen LogP contribution in [-0.4, -0.2) is 28.9 Å². The number of anilines is 1. The van der Waals surface area contributed by atoms with Crippen LogP contribution in [0.25, 0.3) is 0 Å². The summed E-state index contributed by atoms with van der Waals surface area (Å²) in [4.78, 5) is 27.5. The molecule has 0 saturated carbocycles. The molecule has 21 heavy (non-hydrogen) atoms. The molecule has 1 aromatic heterocycles. The molecule has 0 aliphatic heterocycles. The second-order valence-corrected chi connectivity index (χ2v) is 5.88. The van der Waals surface area contributed by atoms with Crippen molar-refractivity contribution in [2.24, 2.45) is 5.84 Å². The molecule has 1 aromatic rings. The molecule has 1 heterocycles. The van der Waals surface area contributed by atoms with Gasteiger partial charge < -0.3 is 16.1 Å². The van der Waals surface area contributed by atoms with Crippen LogP contribution in [0.1, 0.15) is 37.7 Å². The number of nitrogens with zero attached hydrogens (tertiary/aromatic N) is 1. The van der Waals surface area contributed by atoms with Gasteiger partial charge in [0.1, 0.15) is 11.5 Å². The molecule has 7 nitrogen and oxygen atoms in total. The van der Waals surface area contributed by atoms with Crippen molar-refractivity contribution >= 4 is 29.2 Å². The SMILES string of the molecule is CC(C)(C)NC(=O)CCNC(=O)c1nc(NN)ccc1Cl. The zero-order valence-electron chi connectivity index (χ0n) is 12.3. The second kappa shape index (κ2) is 7.24. The average Bonchev–Trinajstić information content (AvgIpc) is 2.37. The van der Waals surface area contributed by atoms with E-state index in [9.17, 15) is 9.59 Å². The van der Waals surface area contributed by atoms with Gasteiger partial charge in [0, 0.05) is 18.5 Å². The van der Waals surface area contributed by atoms with Crippen molar-refractivity contribution in [1.29, 1.82) is 0 Å². The Morgan fingerprint density at radius 3 is 2.57 bits per heavy atom. The van der Waals surface area contributed by atoms with E-state index in [1.807, 2.05) is 20.8 Å². The van der Waals surface area contributed by atoms with E-state index in [-0.39, 0.29) is 35.1 Å². The fourth-order valence-corrected chi connectivity index (χ4v) is 1.73. The molecule has 116 valence electrons. The lowest BCUT2D eigenvalue weighted by atomic mass is 10.1. The number of halogens is 1. The van der Waals surface area contributed by atoms with Crippen LogP contribution in [0.15, 0.2) is 12.1 Å². The number of hydrazine groups is 1. The Kier molecular flexibility index (Phi) is 5.92. The first kappa shape index (κ1) is 17.2. The van der Waals surface area contributed by atoms with Crippen molar-refractivity contribution in [3.8, 4) is 0 Å². The number of nitrogens with two attached hydrogens (primary N) is 1.